The lowest BCUT2D eigenvalue weighted by Gasteiger charge is -2.73. The molecule has 6 fully saturated rings. The summed E-state index contributed by atoms with van der Waals surface area (Å²) in [5.41, 5.74) is 0.969. The number of fused-ring (bicyclic) bond motifs is 5. The van der Waals surface area contributed by atoms with E-state index in [0.717, 1.165) is 24.9 Å². The molecule has 5 saturated carbocycles. The summed E-state index contributed by atoms with van der Waals surface area (Å²) in [6.07, 6.45) is 10.6. The van der Waals surface area contributed by atoms with Crippen LogP contribution in [0.3, 0.4) is 0 Å². The molecule has 6 rings (SSSR count). The smallest absolute Gasteiger partial charge is 0.167 e. The number of rotatable bonds is 0. The maximum absolute atomic E-state index is 13.0. The van der Waals surface area contributed by atoms with Crippen molar-refractivity contribution in [1.29, 1.82) is 0 Å². The van der Waals surface area contributed by atoms with Crippen molar-refractivity contribution in [3.8, 4) is 0 Å². The van der Waals surface area contributed by atoms with Crippen LogP contribution in [0.2, 0.25) is 0 Å². The Morgan fingerprint density at radius 2 is 1.52 bits per heavy atom. The second kappa shape index (κ2) is 6.47. The fourth-order valence-corrected chi connectivity index (χ4v) is 11.9. The number of Topliss-reactive ketones (excluding diaryl/α,β-unsaturated/α-hetero) is 1. The normalized spacial score (nSPS) is 58.6. The van der Waals surface area contributed by atoms with Crippen molar-refractivity contribution in [3.63, 3.8) is 0 Å². The second-order valence-corrected chi connectivity index (χ2v) is 15.6. The van der Waals surface area contributed by atoms with Crippen molar-refractivity contribution in [2.45, 2.75) is 118 Å². The summed E-state index contributed by atoms with van der Waals surface area (Å²) in [7, 11) is 0. The Morgan fingerprint density at radius 1 is 0.818 bits per heavy atom. The van der Waals surface area contributed by atoms with Crippen LogP contribution in [0, 0.1) is 56.2 Å². The van der Waals surface area contributed by atoms with Crippen LogP contribution in [0.1, 0.15) is 106 Å². The van der Waals surface area contributed by atoms with Crippen molar-refractivity contribution < 1.29 is 14.6 Å². The third-order valence-corrected chi connectivity index (χ3v) is 13.8. The lowest BCUT2D eigenvalue weighted by atomic mass is 9.31. The van der Waals surface area contributed by atoms with Gasteiger partial charge in [-0.05, 0) is 109 Å². The number of ketones is 1. The van der Waals surface area contributed by atoms with Gasteiger partial charge in [-0.3, -0.25) is 4.79 Å². The number of carbonyl (C=O) groups excluding carboxylic acids is 1. The van der Waals surface area contributed by atoms with Gasteiger partial charge in [-0.15, -0.1) is 0 Å². The fraction of sp³-hybridized carbons (Fsp3) is 0.967. The van der Waals surface area contributed by atoms with Gasteiger partial charge >= 0.3 is 0 Å². The van der Waals surface area contributed by atoms with Crippen molar-refractivity contribution in [2.24, 2.45) is 56.2 Å². The number of ether oxygens (including phenoxy) is 1. The quantitative estimate of drug-likeness (QED) is 0.458. The van der Waals surface area contributed by atoms with Gasteiger partial charge in [-0.1, -0.05) is 48.5 Å². The predicted octanol–water partition coefficient (Wildman–Crippen LogP) is 6.42. The van der Waals surface area contributed by atoms with E-state index in [2.05, 4.69) is 48.5 Å². The monoisotopic (exact) mass is 456 g/mol. The first-order chi connectivity index (χ1) is 15.2. The zero-order valence-corrected chi connectivity index (χ0v) is 22.3. The first kappa shape index (κ1) is 23.0. The largest absolute Gasteiger partial charge is 0.385 e. The second-order valence-electron chi connectivity index (χ2n) is 15.6. The Morgan fingerprint density at radius 3 is 2.24 bits per heavy atom. The van der Waals surface area contributed by atoms with E-state index in [1.165, 1.54) is 44.9 Å². The minimum absolute atomic E-state index is 0.0499. The molecule has 33 heavy (non-hydrogen) atoms. The first-order valence-electron chi connectivity index (χ1n) is 14.1. The molecule has 0 aromatic carbocycles. The SMILES string of the molecule is CC1(C)CC[C@]23CC[C@]4(C)[C@H](CC[C@@H]5[C@@]6(C)C[C@@H](O)C(=O)C(C)(C)[C@@H]6CC[C@]54C)[C@H]2[C@H]1OC3. The third-order valence-electron chi connectivity index (χ3n) is 13.8. The molecule has 6 aliphatic rings. The van der Waals surface area contributed by atoms with Gasteiger partial charge < -0.3 is 9.84 Å². The van der Waals surface area contributed by atoms with Gasteiger partial charge in [-0.25, -0.2) is 0 Å². The fourth-order valence-electron chi connectivity index (χ4n) is 11.9. The number of aliphatic hydroxyl groups excluding tert-OH is 1. The number of hydrogen-bond donors (Lipinski definition) is 1. The maximum Gasteiger partial charge on any atom is 0.167 e. The van der Waals surface area contributed by atoms with Gasteiger partial charge in [-0.2, -0.15) is 0 Å². The summed E-state index contributed by atoms with van der Waals surface area (Å²) in [6.45, 7) is 17.9. The van der Waals surface area contributed by atoms with Crippen LogP contribution in [0.25, 0.3) is 0 Å². The van der Waals surface area contributed by atoms with E-state index in [9.17, 15) is 9.90 Å². The van der Waals surface area contributed by atoms with Crippen molar-refractivity contribution in [1.82, 2.24) is 0 Å². The lowest BCUT2D eigenvalue weighted by molar-refractivity contribution is -0.245. The van der Waals surface area contributed by atoms with E-state index >= 15 is 0 Å². The standard InChI is InChI=1S/C30H48O3/c1-25(2)12-14-30-15-13-28(6)18(22(30)24(25)33-17-30)8-9-21-27(5)16-19(31)23(32)26(3,4)20(27)10-11-29(21,28)7/h18-22,24,31H,8-17H2,1-7H3/t18-,19-,20+,21-,22+,24-,27+,28-,29-,30-/m1/s1. The molecule has 1 N–H and O–H groups in total. The van der Waals surface area contributed by atoms with Crippen molar-refractivity contribution in [3.05, 3.63) is 0 Å². The highest BCUT2D eigenvalue weighted by Crippen LogP contribution is 2.77. The highest BCUT2D eigenvalue weighted by atomic mass is 16.5. The molecule has 0 aromatic heterocycles. The number of hydrogen-bond acceptors (Lipinski definition) is 3. The van der Waals surface area contributed by atoms with Gasteiger partial charge in [0.1, 0.15) is 6.10 Å². The number of carbonyl (C=O) groups is 1. The molecule has 10 atom stereocenters. The summed E-state index contributed by atoms with van der Waals surface area (Å²) in [6, 6.07) is 0. The molecule has 1 heterocycles. The molecule has 3 nitrogen and oxygen atoms in total. The molecule has 0 radical (unpaired) electrons. The van der Waals surface area contributed by atoms with E-state index in [4.69, 9.17) is 4.74 Å². The zero-order chi connectivity index (χ0) is 23.8. The van der Waals surface area contributed by atoms with Crippen molar-refractivity contribution in [2.75, 3.05) is 6.61 Å². The molecule has 0 amide bonds. The van der Waals surface area contributed by atoms with Gasteiger partial charge in [0.25, 0.3) is 0 Å². The molecule has 186 valence electrons. The maximum atomic E-state index is 13.0. The van der Waals surface area contributed by atoms with Crippen molar-refractivity contribution >= 4 is 5.78 Å². The highest BCUT2D eigenvalue weighted by molar-refractivity contribution is 5.89. The summed E-state index contributed by atoms with van der Waals surface area (Å²) < 4.78 is 6.68. The van der Waals surface area contributed by atoms with E-state index < -0.39 is 11.5 Å². The molecule has 0 unspecified atom stereocenters. The molecule has 5 aliphatic carbocycles. The topological polar surface area (TPSA) is 46.5 Å². The predicted molar refractivity (Wildman–Crippen MR) is 131 cm³/mol. The van der Waals surface area contributed by atoms with Gasteiger partial charge in [0.2, 0.25) is 0 Å². The van der Waals surface area contributed by atoms with Gasteiger partial charge in [0.05, 0.1) is 12.7 Å². The molecular formula is C30H48O3. The summed E-state index contributed by atoms with van der Waals surface area (Å²) >= 11 is 0. The van der Waals surface area contributed by atoms with E-state index in [1.54, 1.807) is 0 Å². The molecule has 0 aromatic rings. The van der Waals surface area contributed by atoms with E-state index in [-0.39, 0.29) is 16.6 Å². The summed E-state index contributed by atoms with van der Waals surface area (Å²) in [4.78, 5) is 13.0. The molecule has 0 spiro atoms. The molecule has 1 aliphatic heterocycles. The first-order valence-corrected chi connectivity index (χ1v) is 14.1. The van der Waals surface area contributed by atoms with Crippen LogP contribution in [0.15, 0.2) is 0 Å². The van der Waals surface area contributed by atoms with E-state index in [1.807, 2.05) is 0 Å². The summed E-state index contributed by atoms with van der Waals surface area (Å²) in [5.74, 6) is 2.55. The Balaban J connectivity index is 1.41. The van der Waals surface area contributed by atoms with Crippen LogP contribution < -0.4 is 0 Å². The molecule has 1 saturated heterocycles. The Labute approximate surface area is 201 Å². The third kappa shape index (κ3) is 2.53. The molecule has 3 heteroatoms. The Hall–Kier alpha value is -0.410. The zero-order valence-electron chi connectivity index (χ0n) is 22.3. The average molecular weight is 457 g/mol. The average Bonchev–Trinajstić information content (AvgIpc) is 3.06. The van der Waals surface area contributed by atoms with E-state index in [0.29, 0.717) is 40.6 Å². The van der Waals surface area contributed by atoms with Crippen LogP contribution in [-0.2, 0) is 9.53 Å². The van der Waals surface area contributed by atoms with Gasteiger partial charge in [0, 0.05) is 5.41 Å². The number of aliphatic hydroxyl groups is 1. The van der Waals surface area contributed by atoms with Crippen LogP contribution in [0.4, 0.5) is 0 Å². The Kier molecular flexibility index (Phi) is 4.51. The van der Waals surface area contributed by atoms with Crippen LogP contribution in [0.5, 0.6) is 0 Å². The molecular weight excluding hydrogens is 408 g/mol. The lowest BCUT2D eigenvalue weighted by Crippen LogP contribution is -2.68. The highest BCUT2D eigenvalue weighted by Gasteiger charge is 2.73. The van der Waals surface area contributed by atoms with Gasteiger partial charge in [0.15, 0.2) is 5.78 Å². The Bertz CT molecular complexity index is 876. The minimum Gasteiger partial charge on any atom is -0.385 e. The molecule has 2 bridgehead atoms. The summed E-state index contributed by atoms with van der Waals surface area (Å²) in [5, 5.41) is 10.9. The van der Waals surface area contributed by atoms with Crippen LogP contribution >= 0.6 is 0 Å². The minimum atomic E-state index is -0.785. The van der Waals surface area contributed by atoms with Crippen LogP contribution in [-0.4, -0.2) is 29.7 Å².